The van der Waals surface area contributed by atoms with Crippen LogP contribution < -0.4 is 0 Å². The van der Waals surface area contributed by atoms with Gasteiger partial charge in [-0.05, 0) is 19.8 Å². The first kappa shape index (κ1) is 8.43. The van der Waals surface area contributed by atoms with E-state index in [9.17, 15) is 4.79 Å². The van der Waals surface area contributed by atoms with Gasteiger partial charge in [0.25, 0.3) is 0 Å². The maximum absolute atomic E-state index is 10.1. The maximum atomic E-state index is 10.1. The van der Waals surface area contributed by atoms with Gasteiger partial charge in [-0.2, -0.15) is 0 Å². The number of aliphatic hydroxyl groups is 1. The largest absolute Gasteiger partial charge is 0.481 e. The Hall–Kier alpha value is -0.570. The highest BCUT2D eigenvalue weighted by molar-refractivity contribution is 5.81. The molecule has 0 spiro atoms. The molecule has 0 amide bonds. The molecule has 0 aromatic rings. The first-order valence-corrected chi connectivity index (χ1v) is 2.85. The second-order valence-corrected chi connectivity index (χ2v) is 1.91. The van der Waals surface area contributed by atoms with Gasteiger partial charge in [-0.25, -0.2) is 0 Å². The van der Waals surface area contributed by atoms with E-state index in [1.54, 1.807) is 6.92 Å². The highest BCUT2D eigenvalue weighted by Crippen LogP contribution is 2.06. The average Bonchev–Trinajstić information content (AvgIpc) is 1.82. The summed E-state index contributed by atoms with van der Waals surface area (Å²) in [6.07, 6.45) is 1.02. The van der Waals surface area contributed by atoms with Crippen LogP contribution in [0, 0.1) is 5.92 Å². The zero-order valence-corrected chi connectivity index (χ0v) is 5.42. The molecule has 0 aliphatic carbocycles. The fourth-order valence-electron chi connectivity index (χ4n) is 0.451. The molecule has 0 saturated heterocycles. The van der Waals surface area contributed by atoms with E-state index in [4.69, 9.17) is 10.2 Å². The van der Waals surface area contributed by atoms with Crippen LogP contribution in [0.15, 0.2) is 0 Å². The molecule has 3 heteroatoms. The van der Waals surface area contributed by atoms with Crippen molar-refractivity contribution >= 4 is 5.97 Å². The summed E-state index contributed by atoms with van der Waals surface area (Å²) in [6, 6.07) is 0. The minimum atomic E-state index is -0.872. The summed E-state index contributed by atoms with van der Waals surface area (Å²) in [5.74, 6) is -0.465. The molecule has 2 N–H and O–H groups in total. The van der Waals surface area contributed by atoms with E-state index in [0.717, 1.165) is 0 Å². The van der Waals surface area contributed by atoms with Gasteiger partial charge in [-0.3, -0.25) is 4.79 Å². The van der Waals surface area contributed by atoms with Crippen molar-refractivity contribution in [1.82, 2.24) is 0 Å². The van der Waals surface area contributed by atoms with Crippen molar-refractivity contribution in [3.05, 3.63) is 5.92 Å². The number of hydrogen-bond acceptors (Lipinski definition) is 2. The van der Waals surface area contributed by atoms with E-state index in [-0.39, 0.29) is 6.61 Å². The van der Waals surface area contributed by atoms with Crippen LogP contribution in [0.4, 0.5) is 0 Å². The molecule has 0 saturated carbocycles. The van der Waals surface area contributed by atoms with Crippen LogP contribution in [0.2, 0.25) is 0 Å². The van der Waals surface area contributed by atoms with Crippen LogP contribution in [0.3, 0.4) is 0 Å². The zero-order valence-electron chi connectivity index (χ0n) is 5.42. The van der Waals surface area contributed by atoms with Crippen LogP contribution in [0.1, 0.15) is 19.8 Å². The molecule has 1 radical (unpaired) electrons. The summed E-state index contributed by atoms with van der Waals surface area (Å²) in [7, 11) is 0. The summed E-state index contributed by atoms with van der Waals surface area (Å²) in [5, 5.41) is 16.6. The Labute approximate surface area is 54.3 Å². The highest BCUT2D eigenvalue weighted by atomic mass is 16.4. The standard InChI is InChI=1S/C6H11O3/c1-5(6(8)9)3-2-4-7/h7H,2-4H2,1H3,(H,8,9). The first-order valence-electron chi connectivity index (χ1n) is 2.85. The van der Waals surface area contributed by atoms with Crippen molar-refractivity contribution in [1.29, 1.82) is 0 Å². The Morgan fingerprint density at radius 3 is 2.44 bits per heavy atom. The Balaban J connectivity index is 3.27. The van der Waals surface area contributed by atoms with Crippen molar-refractivity contribution in [2.24, 2.45) is 0 Å². The van der Waals surface area contributed by atoms with E-state index < -0.39 is 5.97 Å². The van der Waals surface area contributed by atoms with Crippen LogP contribution in [-0.4, -0.2) is 22.8 Å². The fourth-order valence-corrected chi connectivity index (χ4v) is 0.451. The Morgan fingerprint density at radius 1 is 1.56 bits per heavy atom. The fraction of sp³-hybridized carbons (Fsp3) is 0.667. The normalized spacial score (nSPS) is 10.1. The van der Waals surface area contributed by atoms with Crippen LogP contribution >= 0.6 is 0 Å². The summed E-state index contributed by atoms with van der Waals surface area (Å²) in [5.41, 5.74) is 0. The van der Waals surface area contributed by atoms with Gasteiger partial charge >= 0.3 is 5.97 Å². The lowest BCUT2D eigenvalue weighted by molar-refractivity contribution is -0.135. The second-order valence-electron chi connectivity index (χ2n) is 1.91. The van der Waals surface area contributed by atoms with Crippen molar-refractivity contribution in [3.8, 4) is 0 Å². The quantitative estimate of drug-likeness (QED) is 0.582. The summed E-state index contributed by atoms with van der Waals surface area (Å²) in [4.78, 5) is 10.1. The third kappa shape index (κ3) is 3.97. The van der Waals surface area contributed by atoms with E-state index in [2.05, 4.69) is 0 Å². The third-order valence-electron chi connectivity index (χ3n) is 1.07. The Bertz CT molecular complexity index is 90.3. The smallest absolute Gasteiger partial charge is 0.310 e. The number of carboxylic acid groups (broad SMARTS) is 1. The monoisotopic (exact) mass is 131 g/mol. The van der Waals surface area contributed by atoms with Gasteiger partial charge in [0.1, 0.15) is 0 Å². The zero-order chi connectivity index (χ0) is 7.28. The summed E-state index contributed by atoms with van der Waals surface area (Å²) < 4.78 is 0. The lowest BCUT2D eigenvalue weighted by Crippen LogP contribution is -2.07. The second kappa shape index (κ2) is 4.32. The number of aliphatic carboxylic acids is 1. The van der Waals surface area contributed by atoms with Gasteiger partial charge in [-0.1, -0.05) is 0 Å². The number of carbonyl (C=O) groups is 1. The molecule has 0 heterocycles. The predicted molar refractivity (Wildman–Crippen MR) is 32.9 cm³/mol. The average molecular weight is 131 g/mol. The molecule has 0 aliphatic heterocycles. The minimum absolute atomic E-state index is 0.0601. The predicted octanol–water partition coefficient (Wildman–Crippen LogP) is 0.438. The molecule has 53 valence electrons. The molecule has 0 aromatic heterocycles. The maximum Gasteiger partial charge on any atom is 0.310 e. The van der Waals surface area contributed by atoms with E-state index >= 15 is 0 Å². The number of carboxylic acids is 1. The lowest BCUT2D eigenvalue weighted by atomic mass is 10.1. The van der Waals surface area contributed by atoms with Crippen LogP contribution in [0.5, 0.6) is 0 Å². The summed E-state index contributed by atoms with van der Waals surface area (Å²) in [6.45, 7) is 1.61. The SMILES string of the molecule is C[C](CCCO)C(=O)O. The first-order chi connectivity index (χ1) is 4.18. The highest BCUT2D eigenvalue weighted by Gasteiger charge is 2.09. The molecule has 3 nitrogen and oxygen atoms in total. The molecule has 0 aromatic carbocycles. The molecular formula is C6H11O3. The molecular weight excluding hydrogens is 120 g/mol. The van der Waals surface area contributed by atoms with E-state index in [1.807, 2.05) is 0 Å². The molecule has 0 fully saturated rings. The number of rotatable bonds is 4. The van der Waals surface area contributed by atoms with Gasteiger partial charge in [0.15, 0.2) is 0 Å². The van der Waals surface area contributed by atoms with Crippen molar-refractivity contribution in [2.75, 3.05) is 6.61 Å². The molecule has 0 unspecified atom stereocenters. The summed E-state index contributed by atoms with van der Waals surface area (Å²) >= 11 is 0. The number of aliphatic hydroxyl groups excluding tert-OH is 1. The van der Waals surface area contributed by atoms with Gasteiger partial charge in [-0.15, -0.1) is 0 Å². The van der Waals surface area contributed by atoms with Crippen molar-refractivity contribution < 1.29 is 15.0 Å². The van der Waals surface area contributed by atoms with Gasteiger partial charge in [0, 0.05) is 6.61 Å². The topological polar surface area (TPSA) is 57.5 Å². The van der Waals surface area contributed by atoms with Gasteiger partial charge in [0.05, 0.1) is 5.92 Å². The Kier molecular flexibility index (Phi) is 4.05. The molecule has 0 bridgehead atoms. The van der Waals surface area contributed by atoms with Crippen molar-refractivity contribution in [2.45, 2.75) is 19.8 Å². The lowest BCUT2D eigenvalue weighted by Gasteiger charge is -2.00. The van der Waals surface area contributed by atoms with E-state index in [1.165, 1.54) is 0 Å². The Morgan fingerprint density at radius 2 is 2.11 bits per heavy atom. The molecule has 0 atom stereocenters. The minimum Gasteiger partial charge on any atom is -0.481 e. The third-order valence-corrected chi connectivity index (χ3v) is 1.07. The van der Waals surface area contributed by atoms with E-state index in [0.29, 0.717) is 18.8 Å². The number of hydrogen-bond donors (Lipinski definition) is 2. The molecule has 0 aliphatic rings. The van der Waals surface area contributed by atoms with Gasteiger partial charge < -0.3 is 10.2 Å². The van der Waals surface area contributed by atoms with Gasteiger partial charge in [0.2, 0.25) is 0 Å². The van der Waals surface area contributed by atoms with Crippen LogP contribution in [0.25, 0.3) is 0 Å². The van der Waals surface area contributed by atoms with Crippen LogP contribution in [-0.2, 0) is 4.79 Å². The molecule has 0 rings (SSSR count). The molecule has 9 heavy (non-hydrogen) atoms. The van der Waals surface area contributed by atoms with Crippen molar-refractivity contribution in [3.63, 3.8) is 0 Å².